The molecule has 0 amide bonds. The summed E-state index contributed by atoms with van der Waals surface area (Å²) in [5, 5.41) is 17.6. The lowest BCUT2D eigenvalue weighted by Crippen LogP contribution is -2.42. The first kappa shape index (κ1) is 16.3. The van der Waals surface area contributed by atoms with Crippen LogP contribution in [-0.2, 0) is 12.7 Å². The number of pyridine rings is 1. The van der Waals surface area contributed by atoms with E-state index in [9.17, 15) is 5.26 Å². The summed E-state index contributed by atoms with van der Waals surface area (Å²) in [5.41, 5.74) is 0.518. The van der Waals surface area contributed by atoms with E-state index in [1.807, 2.05) is 11.0 Å². The Morgan fingerprint density at radius 1 is 1.36 bits per heavy atom. The van der Waals surface area contributed by atoms with Gasteiger partial charge in [-0.05, 0) is 18.9 Å². The van der Waals surface area contributed by atoms with E-state index >= 15 is 4.39 Å². The van der Waals surface area contributed by atoms with Crippen LogP contribution in [-0.4, -0.2) is 32.8 Å². The Morgan fingerprint density at radius 2 is 2.08 bits per heavy atom. The molecule has 1 aliphatic heterocycles. The molecule has 6 nitrogen and oxygen atoms in total. The largest absolute Gasteiger partial charge is 0.368 e. The van der Waals surface area contributed by atoms with Gasteiger partial charge in [0, 0.05) is 44.6 Å². The third-order valence-electron chi connectivity index (χ3n) is 5.07. The standard InChI is InChI=1S/C17H18ClFN6/c1-24-10-21-23-16(24)17(19)4-6-25(7-5-17)14-12(9-20)8-13(11-2-3-11)22-15(14)18/h8,10-11H,2-7H2,1H3. The average Bonchev–Trinajstić information content (AvgIpc) is 3.36. The average molecular weight is 361 g/mol. The van der Waals surface area contributed by atoms with Gasteiger partial charge in [-0.25, -0.2) is 9.37 Å². The minimum atomic E-state index is -1.51. The number of alkyl halides is 1. The van der Waals surface area contributed by atoms with E-state index in [4.69, 9.17) is 11.6 Å². The summed E-state index contributed by atoms with van der Waals surface area (Å²) in [6, 6.07) is 4.06. The first-order valence-corrected chi connectivity index (χ1v) is 8.78. The van der Waals surface area contributed by atoms with Gasteiger partial charge in [0.05, 0.1) is 11.3 Å². The summed E-state index contributed by atoms with van der Waals surface area (Å²) in [4.78, 5) is 6.43. The Labute approximate surface area is 150 Å². The normalized spacial score (nSPS) is 19.7. The van der Waals surface area contributed by atoms with Crippen LogP contribution >= 0.6 is 11.6 Å². The van der Waals surface area contributed by atoms with Crippen LogP contribution in [0.25, 0.3) is 0 Å². The zero-order valence-corrected chi connectivity index (χ0v) is 14.7. The van der Waals surface area contributed by atoms with Crippen LogP contribution in [0.1, 0.15) is 48.7 Å². The van der Waals surface area contributed by atoms with E-state index in [0.717, 1.165) is 18.5 Å². The van der Waals surface area contributed by atoms with E-state index in [-0.39, 0.29) is 12.8 Å². The van der Waals surface area contributed by atoms with Crippen LogP contribution < -0.4 is 4.90 Å². The fourth-order valence-electron chi connectivity index (χ4n) is 3.50. The number of hydrogen-bond donors (Lipinski definition) is 0. The summed E-state index contributed by atoms with van der Waals surface area (Å²) in [6.45, 7) is 0.893. The summed E-state index contributed by atoms with van der Waals surface area (Å²) < 4.78 is 16.9. The molecule has 1 aliphatic carbocycles. The molecule has 2 aromatic heterocycles. The number of anilines is 1. The van der Waals surface area contributed by atoms with Crippen LogP contribution in [0.2, 0.25) is 5.15 Å². The van der Waals surface area contributed by atoms with Crippen LogP contribution in [0.3, 0.4) is 0 Å². The summed E-state index contributed by atoms with van der Waals surface area (Å²) in [7, 11) is 1.74. The van der Waals surface area contributed by atoms with E-state index in [2.05, 4.69) is 21.3 Å². The summed E-state index contributed by atoms with van der Waals surface area (Å²) >= 11 is 6.39. The second kappa shape index (κ2) is 5.95. The van der Waals surface area contributed by atoms with Gasteiger partial charge in [-0.2, -0.15) is 5.26 Å². The zero-order chi connectivity index (χ0) is 17.6. The maximum absolute atomic E-state index is 15.3. The van der Waals surface area contributed by atoms with Gasteiger partial charge in [-0.3, -0.25) is 0 Å². The minimum Gasteiger partial charge on any atom is -0.368 e. The topological polar surface area (TPSA) is 70.6 Å². The highest BCUT2D eigenvalue weighted by atomic mass is 35.5. The van der Waals surface area contributed by atoms with Gasteiger partial charge >= 0.3 is 0 Å². The van der Waals surface area contributed by atoms with Crippen molar-refractivity contribution >= 4 is 17.3 Å². The predicted molar refractivity (Wildman–Crippen MR) is 91.2 cm³/mol. The molecule has 2 fully saturated rings. The molecule has 8 heteroatoms. The first-order valence-electron chi connectivity index (χ1n) is 8.41. The third kappa shape index (κ3) is 2.85. The lowest BCUT2D eigenvalue weighted by molar-refractivity contribution is 0.109. The van der Waals surface area contributed by atoms with Gasteiger partial charge in [0.25, 0.3) is 0 Å². The highest BCUT2D eigenvalue weighted by molar-refractivity contribution is 6.32. The van der Waals surface area contributed by atoms with Gasteiger partial charge in [-0.1, -0.05) is 11.6 Å². The van der Waals surface area contributed by atoms with Gasteiger partial charge in [-0.15, -0.1) is 10.2 Å². The van der Waals surface area contributed by atoms with Gasteiger partial charge in [0.2, 0.25) is 0 Å². The van der Waals surface area contributed by atoms with Crippen LogP contribution in [0.4, 0.5) is 10.1 Å². The molecule has 3 heterocycles. The van der Waals surface area contributed by atoms with Gasteiger partial charge < -0.3 is 9.47 Å². The molecule has 2 aromatic rings. The quantitative estimate of drug-likeness (QED) is 0.787. The highest BCUT2D eigenvalue weighted by Gasteiger charge is 2.41. The molecular weight excluding hydrogens is 343 g/mol. The Bertz CT molecular complexity index is 845. The minimum absolute atomic E-state index is 0.269. The highest BCUT2D eigenvalue weighted by Crippen LogP contribution is 2.43. The van der Waals surface area contributed by atoms with Gasteiger partial charge in [0.15, 0.2) is 16.6 Å². The Morgan fingerprint density at radius 3 is 2.64 bits per heavy atom. The van der Waals surface area contributed by atoms with Crippen molar-refractivity contribution < 1.29 is 4.39 Å². The monoisotopic (exact) mass is 360 g/mol. The maximum Gasteiger partial charge on any atom is 0.173 e. The number of rotatable bonds is 3. The van der Waals surface area contributed by atoms with Crippen molar-refractivity contribution in [2.75, 3.05) is 18.0 Å². The molecule has 0 N–H and O–H groups in total. The SMILES string of the molecule is Cn1cnnc1C1(F)CCN(c2c(C#N)cc(C3CC3)nc2Cl)CC1. The molecule has 0 spiro atoms. The molecule has 1 saturated heterocycles. The van der Waals surface area contributed by atoms with Crippen molar-refractivity contribution in [3.05, 3.63) is 34.6 Å². The number of aromatic nitrogens is 4. The number of aryl methyl sites for hydroxylation is 1. The fraction of sp³-hybridized carbons (Fsp3) is 0.529. The molecule has 0 bridgehead atoms. The fourth-order valence-corrected chi connectivity index (χ4v) is 3.82. The molecular formula is C17H18ClFN6. The molecule has 0 radical (unpaired) electrons. The zero-order valence-electron chi connectivity index (χ0n) is 13.9. The number of halogens is 2. The van der Waals surface area contributed by atoms with E-state index in [1.54, 1.807) is 11.6 Å². The first-order chi connectivity index (χ1) is 12.0. The molecule has 2 aliphatic rings. The van der Waals surface area contributed by atoms with Crippen LogP contribution in [0.15, 0.2) is 12.4 Å². The number of hydrogen-bond acceptors (Lipinski definition) is 5. The van der Waals surface area contributed by atoms with E-state index < -0.39 is 5.67 Å². The van der Waals surface area contributed by atoms with Crippen molar-refractivity contribution in [1.82, 2.24) is 19.7 Å². The molecule has 1 saturated carbocycles. The van der Waals surface area contributed by atoms with Crippen molar-refractivity contribution in [2.24, 2.45) is 7.05 Å². The van der Waals surface area contributed by atoms with Crippen molar-refractivity contribution in [3.63, 3.8) is 0 Å². The second-order valence-corrected chi connectivity index (χ2v) is 7.20. The number of piperidine rings is 1. The Hall–Kier alpha value is -2.20. The molecule has 0 unspecified atom stereocenters. The lowest BCUT2D eigenvalue weighted by Gasteiger charge is -2.37. The molecule has 25 heavy (non-hydrogen) atoms. The Balaban J connectivity index is 1.59. The molecule has 130 valence electrons. The number of nitrogens with zero attached hydrogens (tertiary/aromatic N) is 6. The van der Waals surface area contributed by atoms with E-state index in [0.29, 0.717) is 41.2 Å². The Kier molecular flexibility index (Phi) is 3.88. The van der Waals surface area contributed by atoms with Crippen LogP contribution in [0, 0.1) is 11.3 Å². The predicted octanol–water partition coefficient (Wildman–Crippen LogP) is 3.08. The lowest BCUT2D eigenvalue weighted by atomic mass is 9.92. The molecule has 4 rings (SSSR count). The second-order valence-electron chi connectivity index (χ2n) is 6.84. The third-order valence-corrected chi connectivity index (χ3v) is 5.33. The maximum atomic E-state index is 15.3. The van der Waals surface area contributed by atoms with Gasteiger partial charge in [0.1, 0.15) is 12.4 Å². The van der Waals surface area contributed by atoms with Crippen molar-refractivity contribution in [3.8, 4) is 6.07 Å². The molecule has 0 atom stereocenters. The van der Waals surface area contributed by atoms with E-state index in [1.165, 1.54) is 6.33 Å². The smallest absolute Gasteiger partial charge is 0.173 e. The summed E-state index contributed by atoms with van der Waals surface area (Å²) in [5.74, 6) is 0.773. The van der Waals surface area contributed by atoms with Crippen molar-refractivity contribution in [1.29, 1.82) is 5.26 Å². The van der Waals surface area contributed by atoms with Crippen molar-refractivity contribution in [2.45, 2.75) is 37.3 Å². The summed E-state index contributed by atoms with van der Waals surface area (Å²) in [6.07, 6.45) is 4.24. The van der Waals surface area contributed by atoms with Crippen LogP contribution in [0.5, 0.6) is 0 Å². The molecule has 0 aromatic carbocycles. The number of nitriles is 1.